The van der Waals surface area contributed by atoms with Crippen LogP contribution in [0.5, 0.6) is 0 Å². The molecule has 2 aliphatic rings. The van der Waals surface area contributed by atoms with Crippen molar-refractivity contribution in [3.05, 3.63) is 0 Å². The smallest absolute Gasteiger partial charge is 0.136 e. The van der Waals surface area contributed by atoms with E-state index in [0.717, 1.165) is 12.3 Å². The predicted octanol–water partition coefficient (Wildman–Crippen LogP) is 1.38. The normalized spacial score (nSPS) is 43.8. The average Bonchev–Trinajstić information content (AvgIpc) is 1.80. The van der Waals surface area contributed by atoms with Gasteiger partial charge < -0.3 is 0 Å². The third-order valence-corrected chi connectivity index (χ3v) is 2.59. The van der Waals surface area contributed by atoms with Crippen LogP contribution in [0.4, 0.5) is 0 Å². The fraction of sp³-hybridized carbons (Fsp3) is 0.857. The lowest BCUT2D eigenvalue weighted by atomic mass is 9.76. The second-order valence-electron chi connectivity index (χ2n) is 2.95. The molecule has 0 bridgehead atoms. The van der Waals surface area contributed by atoms with Crippen LogP contribution < -0.4 is 0 Å². The van der Waals surface area contributed by atoms with Crippen LogP contribution in [0.3, 0.4) is 0 Å². The van der Waals surface area contributed by atoms with Gasteiger partial charge in [0.1, 0.15) is 5.78 Å². The van der Waals surface area contributed by atoms with Crippen molar-refractivity contribution in [3.63, 3.8) is 0 Å². The second-order valence-corrected chi connectivity index (χ2v) is 2.95. The monoisotopic (exact) mass is 110 g/mol. The van der Waals surface area contributed by atoms with Crippen LogP contribution in [0.25, 0.3) is 0 Å². The van der Waals surface area contributed by atoms with Crippen molar-refractivity contribution in [2.45, 2.75) is 25.7 Å². The Kier molecular flexibility index (Phi) is 0.758. The molecule has 0 radical (unpaired) electrons. The van der Waals surface area contributed by atoms with Crippen molar-refractivity contribution in [2.24, 2.45) is 11.8 Å². The first kappa shape index (κ1) is 4.54. The maximum atomic E-state index is 10.8. The van der Waals surface area contributed by atoms with Crippen LogP contribution in [-0.4, -0.2) is 5.78 Å². The fourth-order valence-electron chi connectivity index (χ4n) is 1.85. The summed E-state index contributed by atoms with van der Waals surface area (Å²) in [4.78, 5) is 10.8. The SMILES string of the molecule is O=C1CC[C@H]2CC[C@H]12. The predicted molar refractivity (Wildman–Crippen MR) is 30.5 cm³/mol. The van der Waals surface area contributed by atoms with Gasteiger partial charge in [0.15, 0.2) is 0 Å². The van der Waals surface area contributed by atoms with Crippen molar-refractivity contribution < 1.29 is 4.79 Å². The first-order chi connectivity index (χ1) is 3.88. The van der Waals surface area contributed by atoms with Crippen LogP contribution in [0.2, 0.25) is 0 Å². The zero-order chi connectivity index (χ0) is 5.56. The third-order valence-electron chi connectivity index (χ3n) is 2.59. The van der Waals surface area contributed by atoms with Crippen molar-refractivity contribution in [1.82, 2.24) is 0 Å². The molecule has 0 spiro atoms. The lowest BCUT2D eigenvalue weighted by molar-refractivity contribution is -0.123. The van der Waals surface area contributed by atoms with E-state index >= 15 is 0 Å². The first-order valence-electron chi connectivity index (χ1n) is 3.40. The quantitative estimate of drug-likeness (QED) is 0.460. The minimum absolute atomic E-state index is 0.523. The van der Waals surface area contributed by atoms with E-state index in [2.05, 4.69) is 0 Å². The first-order valence-corrected chi connectivity index (χ1v) is 3.40. The van der Waals surface area contributed by atoms with Gasteiger partial charge in [-0.25, -0.2) is 0 Å². The summed E-state index contributed by atoms with van der Waals surface area (Å²) in [6, 6.07) is 0. The van der Waals surface area contributed by atoms with E-state index in [9.17, 15) is 4.79 Å². The molecule has 0 aromatic heterocycles. The number of carbonyl (C=O) groups excluding carboxylic acids is 1. The third kappa shape index (κ3) is 0.396. The Morgan fingerprint density at radius 2 is 2.12 bits per heavy atom. The standard InChI is InChI=1S/C7H10O/c8-7-4-2-5-1-3-6(5)7/h5-6H,1-4H2/t5-,6+/m1/s1. The van der Waals surface area contributed by atoms with Gasteiger partial charge in [-0.15, -0.1) is 0 Å². The zero-order valence-electron chi connectivity index (χ0n) is 4.89. The van der Waals surface area contributed by atoms with E-state index in [0.29, 0.717) is 11.7 Å². The van der Waals surface area contributed by atoms with Gasteiger partial charge in [0.25, 0.3) is 0 Å². The zero-order valence-corrected chi connectivity index (χ0v) is 4.89. The van der Waals surface area contributed by atoms with Gasteiger partial charge >= 0.3 is 0 Å². The van der Waals surface area contributed by atoms with Crippen molar-refractivity contribution in [1.29, 1.82) is 0 Å². The number of ketones is 1. The maximum absolute atomic E-state index is 10.8. The maximum Gasteiger partial charge on any atom is 0.136 e. The van der Waals surface area contributed by atoms with E-state index in [4.69, 9.17) is 0 Å². The molecule has 0 N–H and O–H groups in total. The molecule has 44 valence electrons. The molecule has 0 saturated heterocycles. The summed E-state index contributed by atoms with van der Waals surface area (Å²) < 4.78 is 0. The molecule has 1 nitrogen and oxygen atoms in total. The van der Waals surface area contributed by atoms with Gasteiger partial charge in [0, 0.05) is 12.3 Å². The molecule has 0 aromatic rings. The molecule has 0 aliphatic heterocycles. The Balaban J connectivity index is 2.15. The lowest BCUT2D eigenvalue weighted by Crippen LogP contribution is -2.24. The number of hydrogen-bond donors (Lipinski definition) is 0. The second kappa shape index (κ2) is 1.34. The molecule has 0 amide bonds. The van der Waals surface area contributed by atoms with Gasteiger partial charge in [-0.1, -0.05) is 0 Å². The highest BCUT2D eigenvalue weighted by atomic mass is 16.1. The number of carbonyl (C=O) groups is 1. The highest BCUT2D eigenvalue weighted by Crippen LogP contribution is 2.44. The highest BCUT2D eigenvalue weighted by Gasteiger charge is 2.40. The Hall–Kier alpha value is -0.330. The Bertz CT molecular complexity index is 128. The molecule has 0 heterocycles. The fourth-order valence-corrected chi connectivity index (χ4v) is 1.85. The van der Waals surface area contributed by atoms with Gasteiger partial charge in [-0.3, -0.25) is 4.79 Å². The minimum atomic E-state index is 0.523. The molecule has 0 unspecified atom stereocenters. The number of rotatable bonds is 0. The van der Waals surface area contributed by atoms with E-state index < -0.39 is 0 Å². The number of fused-ring (bicyclic) bond motifs is 1. The molecule has 2 fully saturated rings. The lowest BCUT2D eigenvalue weighted by Gasteiger charge is -2.27. The van der Waals surface area contributed by atoms with E-state index in [1.165, 1.54) is 19.3 Å². The summed E-state index contributed by atoms with van der Waals surface area (Å²) in [5.41, 5.74) is 0. The summed E-state index contributed by atoms with van der Waals surface area (Å²) >= 11 is 0. The Labute approximate surface area is 49.1 Å². The van der Waals surface area contributed by atoms with Crippen molar-refractivity contribution >= 4 is 5.78 Å². The molecule has 1 heteroatoms. The molecular formula is C7H10O. The summed E-state index contributed by atoms with van der Waals surface area (Å²) in [6.07, 6.45) is 4.61. The molecule has 2 aliphatic carbocycles. The number of Topliss-reactive ketones (excluding diaryl/α,β-unsaturated/α-hetero) is 1. The molecular weight excluding hydrogens is 100 g/mol. The molecule has 8 heavy (non-hydrogen) atoms. The number of hydrogen-bond acceptors (Lipinski definition) is 1. The average molecular weight is 110 g/mol. The van der Waals surface area contributed by atoms with E-state index in [1.807, 2.05) is 0 Å². The van der Waals surface area contributed by atoms with Gasteiger partial charge in [0.2, 0.25) is 0 Å². The Morgan fingerprint density at radius 1 is 1.25 bits per heavy atom. The van der Waals surface area contributed by atoms with Crippen LogP contribution >= 0.6 is 0 Å². The summed E-state index contributed by atoms with van der Waals surface area (Å²) in [7, 11) is 0. The van der Waals surface area contributed by atoms with Crippen molar-refractivity contribution in [3.8, 4) is 0 Å². The molecule has 2 rings (SSSR count). The van der Waals surface area contributed by atoms with Crippen LogP contribution in [0, 0.1) is 11.8 Å². The Morgan fingerprint density at radius 3 is 2.38 bits per heavy atom. The molecule has 2 atom stereocenters. The topological polar surface area (TPSA) is 17.1 Å². The van der Waals surface area contributed by atoms with Crippen LogP contribution in [0.15, 0.2) is 0 Å². The molecule has 2 saturated carbocycles. The van der Waals surface area contributed by atoms with Crippen LogP contribution in [-0.2, 0) is 4.79 Å². The summed E-state index contributed by atoms with van der Waals surface area (Å²) in [5.74, 6) is 1.89. The van der Waals surface area contributed by atoms with Gasteiger partial charge in [-0.2, -0.15) is 0 Å². The highest BCUT2D eigenvalue weighted by molar-refractivity contribution is 5.84. The summed E-state index contributed by atoms with van der Waals surface area (Å²) in [6.45, 7) is 0. The minimum Gasteiger partial charge on any atom is -0.299 e. The van der Waals surface area contributed by atoms with Gasteiger partial charge in [0.05, 0.1) is 0 Å². The largest absolute Gasteiger partial charge is 0.299 e. The van der Waals surface area contributed by atoms with Gasteiger partial charge in [-0.05, 0) is 25.2 Å². The van der Waals surface area contributed by atoms with Crippen LogP contribution in [0.1, 0.15) is 25.7 Å². The van der Waals surface area contributed by atoms with E-state index in [1.54, 1.807) is 0 Å². The molecule has 0 aromatic carbocycles. The van der Waals surface area contributed by atoms with Crippen molar-refractivity contribution in [2.75, 3.05) is 0 Å². The summed E-state index contributed by atoms with van der Waals surface area (Å²) in [5, 5.41) is 0. The van der Waals surface area contributed by atoms with E-state index in [-0.39, 0.29) is 0 Å².